The standard InChI is InChI=1S/C18H19N7O4/c1-25-9-12-15(24-25)17(27)21-5-7-28-6-4-20-14-8-11(2-3-19-14)18-23-13(10-29-18)16(26)22-12/h2-3,8-10H,4-7H2,1H3,(H,19,20)(H,21,27)(H,22,26). The maximum Gasteiger partial charge on any atom is 0.277 e. The van der Waals surface area contributed by atoms with Crippen LogP contribution in [0.3, 0.4) is 0 Å². The molecule has 0 radical (unpaired) electrons. The highest BCUT2D eigenvalue weighted by Crippen LogP contribution is 2.21. The summed E-state index contributed by atoms with van der Waals surface area (Å²) in [7, 11) is 1.66. The van der Waals surface area contributed by atoms with Crippen LogP contribution in [0.5, 0.6) is 0 Å². The van der Waals surface area contributed by atoms with Crippen LogP contribution >= 0.6 is 0 Å². The molecule has 11 heteroatoms. The lowest BCUT2D eigenvalue weighted by Gasteiger charge is -2.09. The van der Waals surface area contributed by atoms with Crippen LogP contribution in [0.15, 0.2) is 35.2 Å². The van der Waals surface area contributed by atoms with Crippen molar-refractivity contribution in [2.24, 2.45) is 7.05 Å². The van der Waals surface area contributed by atoms with Crippen molar-refractivity contribution in [1.29, 1.82) is 0 Å². The number of pyridine rings is 1. The number of aromatic nitrogens is 4. The maximum absolute atomic E-state index is 12.6. The Balaban J connectivity index is 1.64. The number of carbonyl (C=O) groups excluding carboxylic acids is 2. The molecule has 0 saturated carbocycles. The van der Waals surface area contributed by atoms with E-state index in [9.17, 15) is 9.59 Å². The molecule has 0 atom stereocenters. The fourth-order valence-corrected chi connectivity index (χ4v) is 2.78. The normalized spacial score (nSPS) is 15.3. The van der Waals surface area contributed by atoms with Gasteiger partial charge in [-0.1, -0.05) is 0 Å². The number of carbonyl (C=O) groups is 2. The van der Waals surface area contributed by atoms with Crippen LogP contribution in [-0.4, -0.2) is 57.9 Å². The predicted molar refractivity (Wildman–Crippen MR) is 103 cm³/mol. The van der Waals surface area contributed by atoms with E-state index >= 15 is 0 Å². The number of anilines is 2. The first-order valence-electron chi connectivity index (χ1n) is 8.97. The number of nitrogens with zero attached hydrogens (tertiary/aromatic N) is 4. The van der Waals surface area contributed by atoms with Crippen molar-refractivity contribution in [2.75, 3.05) is 36.9 Å². The Kier molecular flexibility index (Phi) is 5.20. The fraction of sp³-hybridized carbons (Fsp3) is 0.278. The number of rotatable bonds is 0. The molecular formula is C18H19N7O4. The van der Waals surface area contributed by atoms with Crippen LogP contribution in [0, 0.1) is 0 Å². The quantitative estimate of drug-likeness (QED) is 0.509. The lowest BCUT2D eigenvalue weighted by atomic mass is 10.2. The summed E-state index contributed by atoms with van der Waals surface area (Å²) in [5, 5.41) is 12.6. The number of hydrogen-bond donors (Lipinski definition) is 3. The Morgan fingerprint density at radius 2 is 1.97 bits per heavy atom. The molecule has 0 unspecified atom stereocenters. The van der Waals surface area contributed by atoms with Crippen molar-refractivity contribution in [1.82, 2.24) is 25.1 Å². The zero-order valence-corrected chi connectivity index (χ0v) is 15.6. The van der Waals surface area contributed by atoms with Gasteiger partial charge in [-0.2, -0.15) is 5.10 Å². The van der Waals surface area contributed by atoms with Crippen LogP contribution in [0.4, 0.5) is 11.5 Å². The Morgan fingerprint density at radius 3 is 2.83 bits per heavy atom. The van der Waals surface area contributed by atoms with Gasteiger partial charge in [0.15, 0.2) is 11.4 Å². The molecule has 3 aromatic heterocycles. The number of aryl methyl sites for hydroxylation is 1. The summed E-state index contributed by atoms with van der Waals surface area (Å²) >= 11 is 0. The van der Waals surface area contributed by atoms with E-state index in [0.717, 1.165) is 0 Å². The van der Waals surface area contributed by atoms with Gasteiger partial charge < -0.3 is 25.1 Å². The Hall–Kier alpha value is -3.73. The third-order valence-corrected chi connectivity index (χ3v) is 4.12. The Morgan fingerprint density at radius 1 is 1.14 bits per heavy atom. The van der Waals surface area contributed by atoms with Gasteiger partial charge in [-0.3, -0.25) is 14.3 Å². The monoisotopic (exact) mass is 397 g/mol. The average Bonchev–Trinajstić information content (AvgIpc) is 3.34. The van der Waals surface area contributed by atoms with E-state index in [4.69, 9.17) is 9.15 Å². The lowest BCUT2D eigenvalue weighted by Crippen LogP contribution is -2.29. The number of nitrogens with one attached hydrogen (secondary N) is 3. The van der Waals surface area contributed by atoms with Gasteiger partial charge >= 0.3 is 0 Å². The van der Waals surface area contributed by atoms with Crippen LogP contribution in [-0.2, 0) is 11.8 Å². The molecule has 0 fully saturated rings. The highest BCUT2D eigenvalue weighted by molar-refractivity contribution is 6.07. The molecule has 0 aliphatic carbocycles. The topological polar surface area (TPSA) is 136 Å². The van der Waals surface area contributed by atoms with Gasteiger partial charge in [-0.15, -0.1) is 0 Å². The first-order chi connectivity index (χ1) is 14.1. The molecule has 3 aromatic rings. The molecule has 0 saturated heterocycles. The minimum atomic E-state index is -0.515. The zero-order chi connectivity index (χ0) is 20.2. The summed E-state index contributed by atoms with van der Waals surface area (Å²) < 4.78 is 12.4. The Bertz CT molecular complexity index is 1040. The first kappa shape index (κ1) is 18.6. The van der Waals surface area contributed by atoms with Crippen molar-refractivity contribution in [2.45, 2.75) is 0 Å². The lowest BCUT2D eigenvalue weighted by molar-refractivity contribution is 0.0916. The SMILES string of the molecule is Cn1cc2c(n1)C(=O)NCCOCCNc1cc(ccn1)-c1nc(co1)C(=O)N2. The van der Waals surface area contributed by atoms with E-state index in [-0.39, 0.29) is 23.0 Å². The van der Waals surface area contributed by atoms with Crippen LogP contribution in [0.25, 0.3) is 11.5 Å². The van der Waals surface area contributed by atoms with Crippen LogP contribution < -0.4 is 16.0 Å². The third kappa shape index (κ3) is 4.24. The first-order valence-corrected chi connectivity index (χ1v) is 8.97. The van der Waals surface area contributed by atoms with Gasteiger partial charge in [0.05, 0.1) is 18.9 Å². The van der Waals surface area contributed by atoms with Gasteiger partial charge in [0.1, 0.15) is 12.1 Å². The Labute approximate surface area is 165 Å². The third-order valence-electron chi connectivity index (χ3n) is 4.12. The molecule has 4 rings (SSSR count). The number of amides is 2. The van der Waals surface area contributed by atoms with Crippen molar-refractivity contribution >= 4 is 23.3 Å². The molecule has 0 spiro atoms. The second-order valence-electron chi connectivity index (χ2n) is 6.28. The van der Waals surface area contributed by atoms with Gasteiger partial charge in [0.25, 0.3) is 11.8 Å². The highest BCUT2D eigenvalue weighted by Gasteiger charge is 2.20. The number of ether oxygens (including phenoxy) is 1. The summed E-state index contributed by atoms with van der Waals surface area (Å²) in [6, 6.07) is 3.51. The summed E-state index contributed by atoms with van der Waals surface area (Å²) in [6.07, 6.45) is 4.43. The second-order valence-corrected chi connectivity index (χ2v) is 6.28. The molecule has 4 heterocycles. The molecule has 1 aliphatic heterocycles. The smallest absolute Gasteiger partial charge is 0.277 e. The van der Waals surface area contributed by atoms with E-state index in [2.05, 4.69) is 31.0 Å². The van der Waals surface area contributed by atoms with Crippen molar-refractivity contribution in [3.05, 3.63) is 42.2 Å². The van der Waals surface area contributed by atoms with Gasteiger partial charge in [0.2, 0.25) is 5.89 Å². The largest absolute Gasteiger partial charge is 0.444 e. The summed E-state index contributed by atoms with van der Waals surface area (Å²) in [6.45, 7) is 1.62. The molecule has 4 bridgehead atoms. The molecule has 29 heavy (non-hydrogen) atoms. The molecule has 2 amide bonds. The molecule has 11 nitrogen and oxygen atoms in total. The van der Waals surface area contributed by atoms with Crippen LogP contribution in [0.2, 0.25) is 0 Å². The number of oxazole rings is 1. The van der Waals surface area contributed by atoms with Crippen molar-refractivity contribution in [3.8, 4) is 11.5 Å². The van der Waals surface area contributed by atoms with Crippen molar-refractivity contribution in [3.63, 3.8) is 0 Å². The van der Waals surface area contributed by atoms with Gasteiger partial charge in [-0.25, -0.2) is 9.97 Å². The minimum absolute atomic E-state index is 0.0797. The van der Waals surface area contributed by atoms with Crippen LogP contribution in [0.1, 0.15) is 21.0 Å². The van der Waals surface area contributed by atoms with E-state index in [0.29, 0.717) is 37.7 Å². The number of fused-ring (bicyclic) bond motifs is 6. The highest BCUT2D eigenvalue weighted by atomic mass is 16.5. The van der Waals surface area contributed by atoms with E-state index in [1.165, 1.54) is 10.9 Å². The van der Waals surface area contributed by atoms with Crippen molar-refractivity contribution < 1.29 is 18.7 Å². The molecule has 3 N–H and O–H groups in total. The fourth-order valence-electron chi connectivity index (χ4n) is 2.78. The van der Waals surface area contributed by atoms with Gasteiger partial charge in [0, 0.05) is 38.1 Å². The second kappa shape index (κ2) is 8.10. The summed E-state index contributed by atoms with van der Waals surface area (Å²) in [5.41, 5.74) is 1.13. The predicted octanol–water partition coefficient (Wildman–Crippen LogP) is 0.894. The van der Waals surface area contributed by atoms with Gasteiger partial charge in [-0.05, 0) is 12.1 Å². The summed E-state index contributed by atoms with van der Waals surface area (Å²) in [4.78, 5) is 33.5. The van der Waals surface area contributed by atoms with E-state index in [1.807, 2.05) is 0 Å². The average molecular weight is 397 g/mol. The minimum Gasteiger partial charge on any atom is -0.444 e. The zero-order valence-electron chi connectivity index (χ0n) is 15.6. The van der Waals surface area contributed by atoms with E-state index < -0.39 is 11.8 Å². The van der Waals surface area contributed by atoms with E-state index in [1.54, 1.807) is 31.6 Å². The number of hydrogen-bond acceptors (Lipinski definition) is 8. The maximum atomic E-state index is 12.6. The molecule has 0 aromatic carbocycles. The molecule has 150 valence electrons. The molecular weight excluding hydrogens is 378 g/mol. The molecule has 1 aliphatic rings. The summed E-state index contributed by atoms with van der Waals surface area (Å²) in [5.74, 6) is -0.0190.